The predicted molar refractivity (Wildman–Crippen MR) is 76.4 cm³/mol. The fourth-order valence-corrected chi connectivity index (χ4v) is 4.84. The maximum atomic E-state index is 2.55. The monoisotopic (exact) mass is 238 g/mol. The van der Waals surface area contributed by atoms with E-state index >= 15 is 0 Å². The Morgan fingerprint density at radius 1 is 1.06 bits per heavy atom. The summed E-state index contributed by atoms with van der Waals surface area (Å²) in [5.74, 6) is 0.912. The van der Waals surface area contributed by atoms with Crippen LogP contribution in [0.25, 0.3) is 5.57 Å². The van der Waals surface area contributed by atoms with Crippen LogP contribution in [-0.2, 0) is 6.42 Å². The van der Waals surface area contributed by atoms with E-state index in [0.717, 1.165) is 5.92 Å². The molecule has 1 aromatic rings. The number of hydrogen-bond donors (Lipinski definition) is 0. The van der Waals surface area contributed by atoms with Crippen molar-refractivity contribution in [1.82, 2.24) is 0 Å². The summed E-state index contributed by atoms with van der Waals surface area (Å²) in [6, 6.07) is 9.12. The van der Waals surface area contributed by atoms with Crippen molar-refractivity contribution < 1.29 is 0 Å². The molecule has 4 rings (SSSR count). The minimum absolute atomic E-state index is 0.644. The third-order valence-electron chi connectivity index (χ3n) is 5.84. The Morgan fingerprint density at radius 2 is 1.94 bits per heavy atom. The first-order valence-corrected chi connectivity index (χ1v) is 7.58. The van der Waals surface area contributed by atoms with Crippen molar-refractivity contribution in [3.8, 4) is 0 Å². The molecule has 2 atom stereocenters. The van der Waals surface area contributed by atoms with E-state index in [1.54, 1.807) is 16.7 Å². The molecular formula is C18H22. The van der Waals surface area contributed by atoms with Crippen LogP contribution >= 0.6 is 0 Å². The molecule has 0 bridgehead atoms. The van der Waals surface area contributed by atoms with Gasteiger partial charge in [-0.15, -0.1) is 0 Å². The minimum atomic E-state index is 0.644. The van der Waals surface area contributed by atoms with E-state index in [1.165, 1.54) is 44.9 Å². The summed E-state index contributed by atoms with van der Waals surface area (Å²) >= 11 is 0. The average molecular weight is 238 g/mol. The molecule has 3 aliphatic rings. The van der Waals surface area contributed by atoms with Crippen LogP contribution in [0.3, 0.4) is 0 Å². The first-order valence-electron chi connectivity index (χ1n) is 7.58. The summed E-state index contributed by atoms with van der Waals surface area (Å²) in [7, 11) is 0. The fourth-order valence-electron chi connectivity index (χ4n) is 4.84. The highest BCUT2D eigenvalue weighted by atomic mass is 14.5. The van der Waals surface area contributed by atoms with Crippen LogP contribution in [0.5, 0.6) is 0 Å². The van der Waals surface area contributed by atoms with Crippen molar-refractivity contribution >= 4 is 5.57 Å². The fraction of sp³-hybridized carbons (Fsp3) is 0.556. The third kappa shape index (κ3) is 1.38. The maximum absolute atomic E-state index is 2.55. The Labute approximate surface area is 110 Å². The summed E-state index contributed by atoms with van der Waals surface area (Å²) in [6.45, 7) is 2.55. The third-order valence-corrected chi connectivity index (χ3v) is 5.84. The van der Waals surface area contributed by atoms with E-state index in [4.69, 9.17) is 0 Å². The summed E-state index contributed by atoms with van der Waals surface area (Å²) < 4.78 is 0. The molecule has 0 heteroatoms. The van der Waals surface area contributed by atoms with Gasteiger partial charge in [0.25, 0.3) is 0 Å². The molecule has 1 aromatic carbocycles. The standard InChI is InChI=1S/C18H22/c1-18-11-4-7-17(18)16-9-8-13-5-2-3-6-14(13)15(16)10-12-18/h2-3,5-6,17H,4,7-12H2,1H3/t17-,18-/m1/s1. The average Bonchev–Trinajstić information content (AvgIpc) is 2.80. The van der Waals surface area contributed by atoms with E-state index in [0.29, 0.717) is 5.41 Å². The Morgan fingerprint density at radius 3 is 2.89 bits per heavy atom. The van der Waals surface area contributed by atoms with Gasteiger partial charge in [0.1, 0.15) is 0 Å². The lowest BCUT2D eigenvalue weighted by molar-refractivity contribution is 0.226. The molecule has 0 N–H and O–H groups in total. The van der Waals surface area contributed by atoms with Gasteiger partial charge in [-0.25, -0.2) is 0 Å². The van der Waals surface area contributed by atoms with Crippen LogP contribution in [0.15, 0.2) is 29.8 Å². The molecule has 0 aliphatic heterocycles. The summed E-state index contributed by atoms with van der Waals surface area (Å²) in [4.78, 5) is 0. The van der Waals surface area contributed by atoms with Crippen LogP contribution in [0, 0.1) is 11.3 Å². The van der Waals surface area contributed by atoms with E-state index in [2.05, 4.69) is 31.2 Å². The Kier molecular flexibility index (Phi) is 2.24. The van der Waals surface area contributed by atoms with Crippen molar-refractivity contribution in [1.29, 1.82) is 0 Å². The zero-order valence-corrected chi connectivity index (χ0v) is 11.3. The Hall–Kier alpha value is -1.04. The summed E-state index contributed by atoms with van der Waals surface area (Å²) in [5.41, 5.74) is 7.41. The van der Waals surface area contributed by atoms with Gasteiger partial charge in [-0.3, -0.25) is 0 Å². The summed E-state index contributed by atoms with van der Waals surface area (Å²) in [5, 5.41) is 0. The molecule has 94 valence electrons. The SMILES string of the molecule is C[C@]12CCC[C@@H]1C1=C(CC2)c2ccccc2CC1. The number of fused-ring (bicyclic) bond motifs is 4. The van der Waals surface area contributed by atoms with E-state index in [1.807, 2.05) is 5.57 Å². The van der Waals surface area contributed by atoms with Crippen molar-refractivity contribution in [3.63, 3.8) is 0 Å². The lowest BCUT2D eigenvalue weighted by Crippen LogP contribution is -2.29. The highest BCUT2D eigenvalue weighted by Gasteiger charge is 2.44. The van der Waals surface area contributed by atoms with Crippen molar-refractivity contribution in [2.75, 3.05) is 0 Å². The van der Waals surface area contributed by atoms with Gasteiger partial charge >= 0.3 is 0 Å². The normalized spacial score (nSPS) is 33.9. The first-order chi connectivity index (χ1) is 8.78. The minimum Gasteiger partial charge on any atom is -0.0624 e. The van der Waals surface area contributed by atoms with E-state index < -0.39 is 0 Å². The van der Waals surface area contributed by atoms with Crippen LogP contribution < -0.4 is 0 Å². The zero-order chi connectivity index (χ0) is 12.2. The molecule has 0 spiro atoms. The van der Waals surface area contributed by atoms with Crippen LogP contribution in [0.1, 0.15) is 56.6 Å². The molecule has 0 unspecified atom stereocenters. The van der Waals surface area contributed by atoms with Gasteiger partial charge in [0, 0.05) is 0 Å². The van der Waals surface area contributed by atoms with Gasteiger partial charge in [0.15, 0.2) is 0 Å². The van der Waals surface area contributed by atoms with E-state index in [-0.39, 0.29) is 0 Å². The predicted octanol–water partition coefficient (Wildman–Crippen LogP) is 4.99. The van der Waals surface area contributed by atoms with Crippen molar-refractivity contribution in [2.45, 2.75) is 51.9 Å². The maximum Gasteiger partial charge on any atom is -0.0143 e. The largest absolute Gasteiger partial charge is 0.0624 e. The number of hydrogen-bond acceptors (Lipinski definition) is 0. The molecule has 0 saturated heterocycles. The molecule has 3 aliphatic carbocycles. The lowest BCUT2D eigenvalue weighted by Gasteiger charge is -2.42. The zero-order valence-electron chi connectivity index (χ0n) is 11.3. The molecule has 1 fully saturated rings. The first kappa shape index (κ1) is 10.8. The van der Waals surface area contributed by atoms with Crippen LogP contribution in [-0.4, -0.2) is 0 Å². The molecule has 0 nitrogen and oxygen atoms in total. The van der Waals surface area contributed by atoms with Gasteiger partial charge in [0.2, 0.25) is 0 Å². The second-order valence-electron chi connectivity index (χ2n) is 6.76. The number of rotatable bonds is 0. The molecule has 0 radical (unpaired) electrons. The number of benzene rings is 1. The summed E-state index contributed by atoms with van der Waals surface area (Å²) in [6.07, 6.45) is 9.76. The molecule has 0 amide bonds. The van der Waals surface area contributed by atoms with Gasteiger partial charge in [-0.2, -0.15) is 0 Å². The highest BCUT2D eigenvalue weighted by Crippen LogP contribution is 2.57. The topological polar surface area (TPSA) is 0 Å². The quantitative estimate of drug-likeness (QED) is 0.597. The van der Waals surface area contributed by atoms with Crippen LogP contribution in [0.2, 0.25) is 0 Å². The Balaban J connectivity index is 1.85. The van der Waals surface area contributed by atoms with Gasteiger partial charge in [0.05, 0.1) is 0 Å². The van der Waals surface area contributed by atoms with E-state index in [9.17, 15) is 0 Å². The molecule has 0 heterocycles. The lowest BCUT2D eigenvalue weighted by atomic mass is 9.63. The number of allylic oxidation sites excluding steroid dienone is 2. The van der Waals surface area contributed by atoms with Gasteiger partial charge < -0.3 is 0 Å². The highest BCUT2D eigenvalue weighted by molar-refractivity contribution is 5.74. The molecule has 18 heavy (non-hydrogen) atoms. The van der Waals surface area contributed by atoms with Gasteiger partial charge in [-0.05, 0) is 66.6 Å². The van der Waals surface area contributed by atoms with Crippen molar-refractivity contribution in [3.05, 3.63) is 41.0 Å². The van der Waals surface area contributed by atoms with Crippen LogP contribution in [0.4, 0.5) is 0 Å². The molecule has 1 saturated carbocycles. The van der Waals surface area contributed by atoms with Gasteiger partial charge in [-0.1, -0.05) is 43.2 Å². The second-order valence-corrected chi connectivity index (χ2v) is 6.76. The molecule has 0 aromatic heterocycles. The molecular weight excluding hydrogens is 216 g/mol. The smallest absolute Gasteiger partial charge is 0.0143 e. The number of aryl methyl sites for hydroxylation is 1. The second kappa shape index (κ2) is 3.73. The Bertz CT molecular complexity index is 523. The van der Waals surface area contributed by atoms with Crippen molar-refractivity contribution in [2.24, 2.45) is 11.3 Å².